The molecular weight excluding hydrogens is 1630 g/mol. The van der Waals surface area contributed by atoms with Crippen LogP contribution in [0.1, 0.15) is 99.4 Å². The molecule has 0 unspecified atom stereocenters. The van der Waals surface area contributed by atoms with E-state index in [0.717, 1.165) is 53.1 Å². The maximum Gasteiger partial charge on any atom is 0.413 e. The van der Waals surface area contributed by atoms with E-state index in [0.29, 0.717) is 0 Å². The number of ether oxygens (including phenoxy) is 4. The lowest BCUT2D eigenvalue weighted by atomic mass is 10.1. The monoisotopic (exact) mass is 1730 g/mol. The van der Waals surface area contributed by atoms with Gasteiger partial charge in [-0.05, 0) is 79.5 Å². The number of nitrogens with two attached hydrogens (primary N) is 8. The summed E-state index contributed by atoms with van der Waals surface area (Å²) in [5, 5.41) is 44.5. The molecule has 40 nitrogen and oxygen atoms in total. The van der Waals surface area contributed by atoms with E-state index in [2.05, 4.69) is 100 Å². The second-order valence-electron chi connectivity index (χ2n) is 24.6. The van der Waals surface area contributed by atoms with Gasteiger partial charge in [-0.3, -0.25) is 41.2 Å². The molecule has 24 N–H and O–H groups in total. The van der Waals surface area contributed by atoms with Crippen molar-refractivity contribution in [1.29, 1.82) is 21.6 Å². The number of nitrogens with zero attached hydrogens (tertiary/aromatic N) is 16. The van der Waals surface area contributed by atoms with Crippen LogP contribution < -0.4 is 86.7 Å². The van der Waals surface area contributed by atoms with Gasteiger partial charge < -0.3 is 86.1 Å². The highest BCUT2D eigenvalue weighted by Gasteiger charge is 2.29. The van der Waals surface area contributed by atoms with Gasteiger partial charge in [-0.2, -0.15) is 0 Å². The van der Waals surface area contributed by atoms with Crippen LogP contribution in [0.15, 0.2) is 164 Å². The molecule has 44 heteroatoms. The van der Waals surface area contributed by atoms with Crippen LogP contribution in [0.4, 0.5) is 129 Å². The normalized spacial score (nSPS) is 12.8. The van der Waals surface area contributed by atoms with Crippen LogP contribution >= 0.6 is 0 Å². The van der Waals surface area contributed by atoms with Crippen LogP contribution in [0.5, 0.6) is 0 Å². The minimum absolute atomic E-state index is 0.0341. The zero-order valence-corrected chi connectivity index (χ0v) is 66.9. The highest BCUT2D eigenvalue weighted by Crippen LogP contribution is 2.34. The number of carbonyl (C=O) groups is 4. The highest BCUT2D eigenvalue weighted by molar-refractivity contribution is 6.15. The van der Waals surface area contributed by atoms with Crippen LogP contribution in [0.2, 0.25) is 0 Å². The Morgan fingerprint density at radius 3 is 0.864 bits per heavy atom. The van der Waals surface area contributed by atoms with Crippen LogP contribution in [0.25, 0.3) is 0 Å². The quantitative estimate of drug-likeness (QED) is 0.0152. The zero-order valence-electron chi connectivity index (χ0n) is 85.9. The van der Waals surface area contributed by atoms with Gasteiger partial charge in [0, 0.05) is 123 Å². The average molecular weight is 1730 g/mol. The summed E-state index contributed by atoms with van der Waals surface area (Å²) in [4.78, 5) is 98.5. The maximum absolute atomic E-state index is 14.7. The summed E-state index contributed by atoms with van der Waals surface area (Å²) in [6, 6.07) is 9.74. The van der Waals surface area contributed by atoms with Crippen LogP contribution in [0.3, 0.4) is 0 Å². The number of halogens is 4. The fourth-order valence-corrected chi connectivity index (χ4v) is 10.5. The molecule has 4 amide bonds. The minimum Gasteiger partial charge on any atom is -0.452 e. The van der Waals surface area contributed by atoms with Gasteiger partial charge in [0.2, 0.25) is 0 Å². The predicted molar refractivity (Wildman–Crippen MR) is 467 cm³/mol. The highest BCUT2D eigenvalue weighted by atomic mass is 19.1. The number of amides is 4. The Morgan fingerprint density at radius 2 is 0.608 bits per heavy atom. The lowest BCUT2D eigenvalue weighted by Crippen LogP contribution is -2.29. The number of benzene rings is 4. The number of rotatable bonds is 24. The Bertz CT molecular complexity index is 6860. The third-order valence-corrected chi connectivity index (χ3v) is 16.6. The number of anilines is 16. The summed E-state index contributed by atoms with van der Waals surface area (Å²) in [6.07, 6.45) is -5.70. The van der Waals surface area contributed by atoms with Crippen molar-refractivity contribution in [3.05, 3.63) is 261 Å². The van der Waals surface area contributed by atoms with Crippen molar-refractivity contribution in [2.45, 2.75) is 33.0 Å². The second-order valence-corrected chi connectivity index (χ2v) is 24.6. The van der Waals surface area contributed by atoms with Crippen LogP contribution in [-0.4, -0.2) is 164 Å². The molecule has 0 aliphatic carbocycles. The first-order chi connectivity index (χ1) is 67.4. The molecule has 4 aromatic carbocycles. The van der Waals surface area contributed by atoms with Crippen molar-refractivity contribution >= 4 is 140 Å². The summed E-state index contributed by atoms with van der Waals surface area (Å²) in [6.45, 7) is -4.31. The number of hydrogen-bond donors (Lipinski definition) is 16. The summed E-state index contributed by atoms with van der Waals surface area (Å²) in [5.41, 5.74) is 42.8. The van der Waals surface area contributed by atoms with Gasteiger partial charge in [0.1, 0.15) is 92.1 Å². The molecule has 125 heavy (non-hydrogen) atoms. The third kappa shape index (κ3) is 22.4. The molecule has 12 aromatic rings. The van der Waals surface area contributed by atoms with E-state index >= 15 is 0 Å². The number of nitrogen functional groups attached to an aromatic ring is 8. The fourth-order valence-electron chi connectivity index (χ4n) is 10.5. The maximum atomic E-state index is 14.7. The van der Waals surface area contributed by atoms with E-state index in [1.54, 1.807) is 6.07 Å². The Labute approximate surface area is 738 Å². The SMILES string of the molecule is [2H]c1nc(NC([2H])([2H])c2ccccc2F)c(C(=N)c2nc(N)c(N(C)C(=O)OC)c(N)n2)c([2H])c1[2H].[2H]c1nc(NC([2H])([2H])c2ccccc2F)c(C(=N)c2nc(N)c(N(C)C(=O)OC)c(N)n2)c([2H])c1[2H].[2H]c1nc(NCc2c([2H])c(C)c([2H])c([2H])c2F)c(C(=N)c2nc(N)c(N(C)C(=O)OC)c(N)n2)c([2H])c1[2H].[2H]c1nc(NCc2ccccc2F)c(C(=N)c2nc(N)c(N(C)C(=O)OC)c(N)n2)c([2H])c1[2H]. The summed E-state index contributed by atoms with van der Waals surface area (Å²) >= 11 is 0. The molecule has 12 rings (SSSR count). The third-order valence-electron chi connectivity index (χ3n) is 16.6. The molecule has 8 aromatic heterocycles. The second kappa shape index (κ2) is 42.0. The number of hydrogen-bond acceptors (Lipinski definition) is 36. The zero-order chi connectivity index (χ0) is 108. The van der Waals surface area contributed by atoms with Gasteiger partial charge in [-0.1, -0.05) is 72.2 Å². The first-order valence-electron chi connectivity index (χ1n) is 44.7. The van der Waals surface area contributed by atoms with Crippen molar-refractivity contribution in [1.82, 2.24) is 59.8 Å². The first kappa shape index (κ1) is 67.7. The molecule has 0 bridgehead atoms. The van der Waals surface area contributed by atoms with Crippen molar-refractivity contribution in [2.24, 2.45) is 0 Å². The number of nitrogens with one attached hydrogen (secondary N) is 8. The standard InChI is InChI=1S/C21H23FN8O2.3C20H21FN8O2/c1-11-6-7-14(22)12(9-11)10-27-19-13(5-4-8-26-19)15(23)20-28-17(24)16(18(25)29-20)30(2)21(31)32-3;3*1-29(20(30)31-2)15-16(23)27-19(28-17(15)24)14(22)12-7-5-9-25-18(12)26-10-11-6-3-4-8-13(11)21/h4-9,23H,10H2,1-3H3,(H,26,27)(H4,24,25,28,29);3*3-9,22H,10H2,1-2H3,(H,25,26)(H4,23,24,27,28)/i4D,5D,6D,7D,8D,9D;2*5D,7D,9D,10D2;5D,7D,9D. The predicted octanol–water partition coefficient (Wildman–Crippen LogP) is 9.93. The molecule has 0 fully saturated rings. The largest absolute Gasteiger partial charge is 0.452 e. The first-order valence-corrected chi connectivity index (χ1v) is 35.2. The smallest absolute Gasteiger partial charge is 0.413 e. The number of pyridine rings is 4. The van der Waals surface area contributed by atoms with Crippen molar-refractivity contribution in [3.63, 3.8) is 0 Å². The van der Waals surface area contributed by atoms with Crippen LogP contribution in [-0.2, 0) is 45.0 Å². The molecule has 0 aliphatic rings. The van der Waals surface area contributed by atoms with Crippen molar-refractivity contribution in [2.75, 3.05) is 143 Å². The van der Waals surface area contributed by atoms with E-state index in [4.69, 9.17) is 93.6 Å². The molecular formula is C81H86F4N32O8. The minimum atomic E-state index is -2.60. The Balaban J connectivity index is 0.000000214. The molecule has 0 saturated heterocycles. The lowest BCUT2D eigenvalue weighted by Gasteiger charge is -2.19. The van der Waals surface area contributed by atoms with Gasteiger partial charge in [0.25, 0.3) is 0 Å². The Morgan fingerprint density at radius 1 is 0.368 bits per heavy atom. The topological polar surface area (TPSA) is 625 Å². The van der Waals surface area contributed by atoms with Gasteiger partial charge in [0.15, 0.2) is 69.8 Å². The van der Waals surface area contributed by atoms with Crippen LogP contribution in [0, 0.1) is 51.8 Å². The van der Waals surface area contributed by atoms with E-state index in [-0.39, 0.29) is 127 Å². The molecule has 0 radical (unpaired) electrons. The molecule has 8 heterocycles. The van der Waals surface area contributed by atoms with Gasteiger partial charge in [0.05, 0.1) is 54.5 Å². The van der Waals surface area contributed by atoms with Gasteiger partial charge in [-0.15, -0.1) is 0 Å². The summed E-state index contributed by atoms with van der Waals surface area (Å²) in [5.74, 6) is -8.60. The molecule has 646 valence electrons. The van der Waals surface area contributed by atoms with E-state index < -0.39 is 227 Å². The van der Waals surface area contributed by atoms with Crippen molar-refractivity contribution in [3.8, 4) is 0 Å². The average Bonchev–Trinajstić information content (AvgIpc) is 0.782. The summed E-state index contributed by atoms with van der Waals surface area (Å²) in [7, 11) is 9.86. The number of aromatic nitrogens is 12. The van der Waals surface area contributed by atoms with Crippen molar-refractivity contribution < 1.29 is 81.7 Å². The number of methoxy groups -OCH3 is 4. The van der Waals surface area contributed by atoms with E-state index in [1.807, 2.05) is 0 Å². The molecule has 0 spiro atoms. The lowest BCUT2D eigenvalue weighted by molar-refractivity contribution is 0.179. The van der Waals surface area contributed by atoms with Gasteiger partial charge >= 0.3 is 24.4 Å². The molecule has 0 saturated carbocycles. The fraction of sp³-hybridized carbons (Fsp3) is 0.160. The molecule has 0 atom stereocenters. The molecule has 0 aliphatic heterocycles. The van der Waals surface area contributed by atoms with E-state index in [9.17, 15) is 36.7 Å². The Kier molecular flexibility index (Phi) is 22.8. The number of carbonyl (C=O) groups excluding carboxylic acids is 4. The van der Waals surface area contributed by atoms with Gasteiger partial charge in [-0.25, -0.2) is 96.5 Å². The summed E-state index contributed by atoms with van der Waals surface area (Å²) < 4.78 is 229. The Hall–Kier alpha value is -17.1. The van der Waals surface area contributed by atoms with E-state index in [1.165, 1.54) is 96.8 Å².